The molecular formula is C12H21NO5. The van der Waals surface area contributed by atoms with Gasteiger partial charge < -0.3 is 19.5 Å². The van der Waals surface area contributed by atoms with Gasteiger partial charge in [0, 0.05) is 13.2 Å². The fourth-order valence-electron chi connectivity index (χ4n) is 1.78. The van der Waals surface area contributed by atoms with Crippen LogP contribution in [0, 0.1) is 0 Å². The van der Waals surface area contributed by atoms with Crippen molar-refractivity contribution in [1.82, 2.24) is 4.90 Å². The summed E-state index contributed by atoms with van der Waals surface area (Å²) in [6.07, 6.45) is 1.29. The highest BCUT2D eigenvalue weighted by Crippen LogP contribution is 2.11. The van der Waals surface area contributed by atoms with Crippen molar-refractivity contribution in [2.75, 3.05) is 26.4 Å². The Morgan fingerprint density at radius 1 is 1.56 bits per heavy atom. The van der Waals surface area contributed by atoms with Crippen LogP contribution in [-0.4, -0.2) is 60.4 Å². The molecule has 0 spiro atoms. The fourth-order valence-corrected chi connectivity index (χ4v) is 1.78. The molecule has 1 rings (SSSR count). The van der Waals surface area contributed by atoms with Gasteiger partial charge in [-0.2, -0.15) is 0 Å². The Labute approximate surface area is 107 Å². The van der Waals surface area contributed by atoms with Crippen LogP contribution in [0.25, 0.3) is 0 Å². The average Bonchev–Trinajstić information content (AvgIpc) is 2.38. The zero-order chi connectivity index (χ0) is 13.5. The van der Waals surface area contributed by atoms with Gasteiger partial charge in [0.2, 0.25) is 0 Å². The van der Waals surface area contributed by atoms with Gasteiger partial charge in [0.15, 0.2) is 6.04 Å². The standard InChI is InChI=1S/C12H21NO5/c1-3-4-6-18-9(2)11(14)13-5-7-17-8-10(13)12(15)16/h9-10H,3-8H2,1-2H3,(H,15,16)/t9-,10-/m0/s1. The second kappa shape index (κ2) is 7.33. The minimum absolute atomic E-state index is 0.0444. The van der Waals surface area contributed by atoms with Gasteiger partial charge in [-0.3, -0.25) is 4.79 Å². The van der Waals surface area contributed by atoms with Crippen LogP contribution >= 0.6 is 0 Å². The van der Waals surface area contributed by atoms with Crippen LogP contribution in [0.3, 0.4) is 0 Å². The molecule has 104 valence electrons. The molecule has 6 heteroatoms. The van der Waals surface area contributed by atoms with E-state index in [1.807, 2.05) is 6.92 Å². The third-order valence-electron chi connectivity index (χ3n) is 2.91. The van der Waals surface area contributed by atoms with Gasteiger partial charge in [-0.1, -0.05) is 13.3 Å². The van der Waals surface area contributed by atoms with Gasteiger partial charge in [-0.05, 0) is 13.3 Å². The van der Waals surface area contributed by atoms with E-state index >= 15 is 0 Å². The molecule has 1 N–H and O–H groups in total. The molecule has 2 atom stereocenters. The van der Waals surface area contributed by atoms with Crippen molar-refractivity contribution in [3.8, 4) is 0 Å². The van der Waals surface area contributed by atoms with E-state index in [0.717, 1.165) is 12.8 Å². The maximum Gasteiger partial charge on any atom is 0.328 e. The first-order valence-electron chi connectivity index (χ1n) is 6.30. The van der Waals surface area contributed by atoms with Crippen molar-refractivity contribution in [2.24, 2.45) is 0 Å². The number of ether oxygens (including phenoxy) is 2. The zero-order valence-corrected chi connectivity index (χ0v) is 10.9. The van der Waals surface area contributed by atoms with E-state index in [4.69, 9.17) is 14.6 Å². The maximum absolute atomic E-state index is 12.1. The predicted octanol–water partition coefficient (Wildman–Crippen LogP) is 0.504. The maximum atomic E-state index is 12.1. The van der Waals surface area contributed by atoms with E-state index in [1.54, 1.807) is 6.92 Å². The summed E-state index contributed by atoms with van der Waals surface area (Å²) in [6, 6.07) is -0.900. The first kappa shape index (κ1) is 14.9. The largest absolute Gasteiger partial charge is 0.480 e. The summed E-state index contributed by atoms with van der Waals surface area (Å²) in [5.41, 5.74) is 0. The van der Waals surface area contributed by atoms with Crippen LogP contribution in [0.15, 0.2) is 0 Å². The summed E-state index contributed by atoms with van der Waals surface area (Å²) in [5, 5.41) is 9.04. The number of aliphatic carboxylic acids is 1. The number of carboxylic acids is 1. The lowest BCUT2D eigenvalue weighted by atomic mass is 10.2. The van der Waals surface area contributed by atoms with E-state index in [9.17, 15) is 9.59 Å². The SMILES string of the molecule is CCCCO[C@@H](C)C(=O)N1CCOC[C@H]1C(=O)O. The lowest BCUT2D eigenvalue weighted by molar-refractivity contribution is -0.163. The van der Waals surface area contributed by atoms with Crippen LogP contribution in [0.4, 0.5) is 0 Å². The highest BCUT2D eigenvalue weighted by atomic mass is 16.5. The molecule has 1 amide bonds. The second-order valence-corrected chi connectivity index (χ2v) is 4.33. The number of carboxylic acid groups (broad SMARTS) is 1. The summed E-state index contributed by atoms with van der Waals surface area (Å²) < 4.78 is 10.5. The highest BCUT2D eigenvalue weighted by Gasteiger charge is 2.34. The predicted molar refractivity (Wildman–Crippen MR) is 64.3 cm³/mol. The molecule has 0 aromatic rings. The van der Waals surface area contributed by atoms with Crippen molar-refractivity contribution >= 4 is 11.9 Å². The van der Waals surface area contributed by atoms with Crippen LogP contribution < -0.4 is 0 Å². The topological polar surface area (TPSA) is 76.1 Å². The molecule has 0 bridgehead atoms. The molecule has 18 heavy (non-hydrogen) atoms. The quantitative estimate of drug-likeness (QED) is 0.703. The Bertz CT molecular complexity index is 294. The highest BCUT2D eigenvalue weighted by molar-refractivity contribution is 5.86. The number of morpholine rings is 1. The summed E-state index contributed by atoms with van der Waals surface area (Å²) in [4.78, 5) is 24.5. The van der Waals surface area contributed by atoms with E-state index in [2.05, 4.69) is 0 Å². The Morgan fingerprint density at radius 3 is 2.89 bits per heavy atom. The van der Waals surface area contributed by atoms with Crippen LogP contribution in [0.5, 0.6) is 0 Å². The number of amides is 1. The Kier molecular flexibility index (Phi) is 6.07. The van der Waals surface area contributed by atoms with Crippen molar-refractivity contribution < 1.29 is 24.2 Å². The van der Waals surface area contributed by atoms with E-state index < -0.39 is 18.1 Å². The number of carbonyl (C=O) groups is 2. The second-order valence-electron chi connectivity index (χ2n) is 4.33. The van der Waals surface area contributed by atoms with Gasteiger partial charge >= 0.3 is 5.97 Å². The normalized spacial score (nSPS) is 21.7. The smallest absolute Gasteiger partial charge is 0.328 e. The van der Waals surface area contributed by atoms with Crippen molar-refractivity contribution in [3.05, 3.63) is 0 Å². The molecule has 0 aromatic heterocycles. The van der Waals surface area contributed by atoms with Crippen molar-refractivity contribution in [1.29, 1.82) is 0 Å². The average molecular weight is 259 g/mol. The number of rotatable bonds is 6. The molecule has 0 saturated carbocycles. The molecular weight excluding hydrogens is 238 g/mol. The number of hydrogen-bond acceptors (Lipinski definition) is 4. The molecule has 0 aliphatic carbocycles. The number of nitrogens with zero attached hydrogens (tertiary/aromatic N) is 1. The van der Waals surface area contributed by atoms with Gasteiger partial charge in [-0.25, -0.2) is 4.79 Å². The molecule has 0 aromatic carbocycles. The van der Waals surface area contributed by atoms with Gasteiger partial charge in [-0.15, -0.1) is 0 Å². The summed E-state index contributed by atoms with van der Waals surface area (Å²) in [7, 11) is 0. The van der Waals surface area contributed by atoms with E-state index in [1.165, 1.54) is 4.90 Å². The molecule has 6 nitrogen and oxygen atoms in total. The first-order chi connectivity index (χ1) is 8.57. The lowest BCUT2D eigenvalue weighted by Crippen LogP contribution is -2.55. The Morgan fingerprint density at radius 2 is 2.28 bits per heavy atom. The van der Waals surface area contributed by atoms with Crippen LogP contribution in [0.2, 0.25) is 0 Å². The van der Waals surface area contributed by atoms with Gasteiger partial charge in [0.1, 0.15) is 6.10 Å². The first-order valence-corrected chi connectivity index (χ1v) is 6.30. The molecule has 1 heterocycles. The molecule has 0 radical (unpaired) electrons. The fraction of sp³-hybridized carbons (Fsp3) is 0.833. The third-order valence-corrected chi connectivity index (χ3v) is 2.91. The monoisotopic (exact) mass is 259 g/mol. The Balaban J connectivity index is 2.54. The summed E-state index contributed by atoms with van der Waals surface area (Å²) >= 11 is 0. The third kappa shape index (κ3) is 3.96. The Hall–Kier alpha value is -1.14. The van der Waals surface area contributed by atoms with Crippen LogP contribution in [0.1, 0.15) is 26.7 Å². The van der Waals surface area contributed by atoms with Gasteiger partial charge in [0.05, 0.1) is 13.2 Å². The molecule has 1 fully saturated rings. The lowest BCUT2D eigenvalue weighted by Gasteiger charge is -2.34. The van der Waals surface area contributed by atoms with Crippen LogP contribution in [-0.2, 0) is 19.1 Å². The van der Waals surface area contributed by atoms with E-state index in [-0.39, 0.29) is 12.5 Å². The summed E-state index contributed by atoms with van der Waals surface area (Å²) in [5.74, 6) is -1.31. The minimum atomic E-state index is -1.04. The minimum Gasteiger partial charge on any atom is -0.480 e. The van der Waals surface area contributed by atoms with E-state index in [0.29, 0.717) is 19.8 Å². The molecule has 1 aliphatic heterocycles. The molecule has 1 aliphatic rings. The zero-order valence-electron chi connectivity index (χ0n) is 10.9. The number of unbranched alkanes of at least 4 members (excludes halogenated alkanes) is 1. The van der Waals surface area contributed by atoms with Crippen molar-refractivity contribution in [2.45, 2.75) is 38.8 Å². The molecule has 0 unspecified atom stereocenters. The molecule has 1 saturated heterocycles. The summed E-state index contributed by atoms with van der Waals surface area (Å²) in [6.45, 7) is 4.94. The number of carbonyl (C=O) groups excluding carboxylic acids is 1. The van der Waals surface area contributed by atoms with Gasteiger partial charge in [0.25, 0.3) is 5.91 Å². The number of hydrogen-bond donors (Lipinski definition) is 1. The van der Waals surface area contributed by atoms with Crippen molar-refractivity contribution in [3.63, 3.8) is 0 Å².